The van der Waals surface area contributed by atoms with E-state index in [1.165, 1.54) is 6.07 Å². The Morgan fingerprint density at radius 1 is 1.06 bits per heavy atom. The number of carbonyl (C=O) groups is 1. The number of carbonyl (C=O) groups excluding carboxylic acids is 1. The maximum absolute atomic E-state index is 11.9. The maximum Gasteiger partial charge on any atom is 0.342 e. The van der Waals surface area contributed by atoms with E-state index in [2.05, 4.69) is 0 Å². The molecule has 3 nitrogen and oxygen atoms in total. The van der Waals surface area contributed by atoms with Gasteiger partial charge in [0, 0.05) is 6.42 Å². The lowest BCUT2D eigenvalue weighted by Crippen LogP contribution is -2.21. The molecule has 0 aromatic heterocycles. The Bertz CT molecular complexity index is 590. The van der Waals surface area contributed by atoms with Crippen LogP contribution in [-0.4, -0.2) is 11.1 Å². The van der Waals surface area contributed by atoms with Crippen molar-refractivity contribution in [1.29, 1.82) is 0 Å². The molecular formula is C15H12O3. The maximum atomic E-state index is 11.9. The normalized spacial score (nSPS) is 18.0. The molecule has 3 rings (SSSR count). The van der Waals surface area contributed by atoms with Crippen LogP contribution in [0.3, 0.4) is 0 Å². The van der Waals surface area contributed by atoms with Crippen LogP contribution in [0, 0.1) is 0 Å². The van der Waals surface area contributed by atoms with Crippen molar-refractivity contribution in [2.24, 2.45) is 0 Å². The van der Waals surface area contributed by atoms with E-state index >= 15 is 0 Å². The molecule has 0 bridgehead atoms. The monoisotopic (exact) mass is 240 g/mol. The second kappa shape index (κ2) is 4.18. The van der Waals surface area contributed by atoms with Gasteiger partial charge in [-0.2, -0.15) is 0 Å². The van der Waals surface area contributed by atoms with Gasteiger partial charge in [0.2, 0.25) is 0 Å². The lowest BCUT2D eigenvalue weighted by atomic mass is 9.94. The topological polar surface area (TPSA) is 46.5 Å². The summed E-state index contributed by atoms with van der Waals surface area (Å²) in [5.74, 6) is -0.466. The van der Waals surface area contributed by atoms with Gasteiger partial charge in [0.05, 0.1) is 0 Å². The van der Waals surface area contributed by atoms with Gasteiger partial charge in [0.15, 0.2) is 0 Å². The van der Waals surface area contributed by atoms with Crippen LogP contribution in [0.15, 0.2) is 48.5 Å². The fraction of sp³-hybridized carbons (Fsp3) is 0.133. The number of benzene rings is 2. The van der Waals surface area contributed by atoms with Crippen LogP contribution in [0.25, 0.3) is 0 Å². The Hall–Kier alpha value is -2.29. The first-order valence-corrected chi connectivity index (χ1v) is 5.82. The van der Waals surface area contributed by atoms with E-state index in [0.717, 1.165) is 11.1 Å². The summed E-state index contributed by atoms with van der Waals surface area (Å²) in [7, 11) is 0. The molecule has 1 aliphatic heterocycles. The number of cyclic esters (lactones) is 1. The average molecular weight is 240 g/mol. The van der Waals surface area contributed by atoms with Crippen molar-refractivity contribution in [1.82, 2.24) is 0 Å². The van der Waals surface area contributed by atoms with E-state index < -0.39 is 5.97 Å². The van der Waals surface area contributed by atoms with Crippen molar-refractivity contribution in [2.45, 2.75) is 12.5 Å². The summed E-state index contributed by atoms with van der Waals surface area (Å²) in [6.45, 7) is 0. The Kier molecular flexibility index (Phi) is 2.52. The Labute approximate surface area is 105 Å². The predicted molar refractivity (Wildman–Crippen MR) is 66.4 cm³/mol. The molecule has 0 saturated heterocycles. The molecule has 18 heavy (non-hydrogen) atoms. The van der Waals surface area contributed by atoms with Crippen LogP contribution in [0.2, 0.25) is 0 Å². The van der Waals surface area contributed by atoms with Crippen molar-refractivity contribution in [3.63, 3.8) is 0 Å². The highest BCUT2D eigenvalue weighted by Gasteiger charge is 2.29. The number of esters is 1. The third kappa shape index (κ3) is 1.74. The van der Waals surface area contributed by atoms with Crippen LogP contribution in [0.1, 0.15) is 27.6 Å². The molecule has 0 radical (unpaired) electrons. The summed E-state index contributed by atoms with van der Waals surface area (Å²) in [5, 5.41) is 9.68. The standard InChI is InChI=1S/C15H12O3/c16-12-8-4-7-11-9-13(18-15(17)14(11)12)10-5-2-1-3-6-10/h1-8,13,16H,9H2. The molecule has 0 aliphatic carbocycles. The van der Waals surface area contributed by atoms with Gasteiger partial charge in [0.25, 0.3) is 0 Å². The lowest BCUT2D eigenvalue weighted by molar-refractivity contribution is 0.0248. The molecule has 1 aliphatic rings. The number of hydrogen-bond donors (Lipinski definition) is 1. The molecule has 1 unspecified atom stereocenters. The number of fused-ring (bicyclic) bond motifs is 1. The fourth-order valence-electron chi connectivity index (χ4n) is 2.28. The van der Waals surface area contributed by atoms with E-state index in [0.29, 0.717) is 12.0 Å². The van der Waals surface area contributed by atoms with Crippen LogP contribution < -0.4 is 0 Å². The molecular weight excluding hydrogens is 228 g/mol. The highest BCUT2D eigenvalue weighted by atomic mass is 16.5. The lowest BCUT2D eigenvalue weighted by Gasteiger charge is -2.25. The summed E-state index contributed by atoms with van der Waals surface area (Å²) >= 11 is 0. The third-order valence-electron chi connectivity index (χ3n) is 3.16. The second-order valence-corrected chi connectivity index (χ2v) is 4.32. The molecule has 0 fully saturated rings. The third-order valence-corrected chi connectivity index (χ3v) is 3.16. The minimum absolute atomic E-state index is 0.0102. The van der Waals surface area contributed by atoms with Gasteiger partial charge >= 0.3 is 5.97 Å². The number of rotatable bonds is 1. The molecule has 0 spiro atoms. The summed E-state index contributed by atoms with van der Waals surface area (Å²) < 4.78 is 5.38. The quantitative estimate of drug-likeness (QED) is 0.779. The first kappa shape index (κ1) is 10.8. The van der Waals surface area contributed by atoms with E-state index in [9.17, 15) is 9.90 Å². The SMILES string of the molecule is O=C1OC(c2ccccc2)Cc2cccc(O)c21. The van der Waals surface area contributed by atoms with E-state index in [-0.39, 0.29) is 11.9 Å². The highest BCUT2D eigenvalue weighted by molar-refractivity contribution is 5.95. The van der Waals surface area contributed by atoms with Crippen molar-refractivity contribution in [3.8, 4) is 5.75 Å². The fourth-order valence-corrected chi connectivity index (χ4v) is 2.28. The Balaban J connectivity index is 2.00. The first-order chi connectivity index (χ1) is 8.75. The summed E-state index contributed by atoms with van der Waals surface area (Å²) in [6.07, 6.45) is 0.326. The predicted octanol–water partition coefficient (Wildman–Crippen LogP) is 2.85. The zero-order valence-corrected chi connectivity index (χ0v) is 9.67. The Morgan fingerprint density at radius 2 is 1.83 bits per heavy atom. The minimum Gasteiger partial charge on any atom is -0.507 e. The van der Waals surface area contributed by atoms with Crippen LogP contribution in [-0.2, 0) is 11.2 Å². The van der Waals surface area contributed by atoms with Gasteiger partial charge in [-0.1, -0.05) is 42.5 Å². The summed E-state index contributed by atoms with van der Waals surface area (Å²) in [5.41, 5.74) is 2.10. The number of phenols is 1. The molecule has 3 heteroatoms. The molecule has 90 valence electrons. The van der Waals surface area contributed by atoms with Crippen LogP contribution in [0.4, 0.5) is 0 Å². The zero-order chi connectivity index (χ0) is 12.5. The van der Waals surface area contributed by atoms with Gasteiger partial charge in [0.1, 0.15) is 17.4 Å². The van der Waals surface area contributed by atoms with Crippen molar-refractivity contribution < 1.29 is 14.6 Å². The molecule has 1 atom stereocenters. The van der Waals surface area contributed by atoms with Gasteiger partial charge < -0.3 is 9.84 Å². The van der Waals surface area contributed by atoms with Gasteiger partial charge in [-0.05, 0) is 17.2 Å². The van der Waals surface area contributed by atoms with E-state index in [4.69, 9.17) is 4.74 Å². The van der Waals surface area contributed by atoms with Crippen molar-refractivity contribution >= 4 is 5.97 Å². The first-order valence-electron chi connectivity index (χ1n) is 5.82. The number of phenolic OH excluding ortho intramolecular Hbond substituents is 1. The molecule has 2 aromatic rings. The van der Waals surface area contributed by atoms with E-state index in [1.54, 1.807) is 6.07 Å². The molecule has 0 amide bonds. The van der Waals surface area contributed by atoms with Crippen molar-refractivity contribution in [3.05, 3.63) is 65.2 Å². The molecule has 2 aromatic carbocycles. The van der Waals surface area contributed by atoms with Crippen LogP contribution in [0.5, 0.6) is 5.75 Å². The largest absolute Gasteiger partial charge is 0.507 e. The van der Waals surface area contributed by atoms with Gasteiger partial charge in [-0.25, -0.2) is 4.79 Å². The molecule has 0 saturated carbocycles. The van der Waals surface area contributed by atoms with Crippen LogP contribution >= 0.6 is 0 Å². The minimum atomic E-state index is -0.455. The number of aromatic hydroxyl groups is 1. The van der Waals surface area contributed by atoms with Gasteiger partial charge in [-0.15, -0.1) is 0 Å². The second-order valence-electron chi connectivity index (χ2n) is 4.32. The summed E-state index contributed by atoms with van der Waals surface area (Å²) in [6, 6.07) is 14.7. The van der Waals surface area contributed by atoms with Gasteiger partial charge in [-0.3, -0.25) is 0 Å². The Morgan fingerprint density at radius 3 is 2.61 bits per heavy atom. The smallest absolute Gasteiger partial charge is 0.342 e. The van der Waals surface area contributed by atoms with E-state index in [1.807, 2.05) is 36.4 Å². The molecule has 1 heterocycles. The highest BCUT2D eigenvalue weighted by Crippen LogP contribution is 2.34. The molecule has 1 N–H and O–H groups in total. The number of hydrogen-bond acceptors (Lipinski definition) is 3. The average Bonchev–Trinajstić information content (AvgIpc) is 2.39. The zero-order valence-electron chi connectivity index (χ0n) is 9.67. The van der Waals surface area contributed by atoms with Crippen molar-refractivity contribution in [2.75, 3.05) is 0 Å². The number of ether oxygens (including phenoxy) is 1. The summed E-state index contributed by atoms with van der Waals surface area (Å²) in [4.78, 5) is 11.9.